The van der Waals surface area contributed by atoms with E-state index in [0.29, 0.717) is 6.61 Å². The molecule has 0 saturated carbocycles. The average Bonchev–Trinajstić information content (AvgIpc) is 2.82. The van der Waals surface area contributed by atoms with E-state index in [2.05, 4.69) is 24.1 Å². The lowest BCUT2D eigenvalue weighted by molar-refractivity contribution is 0.0624. The fourth-order valence-corrected chi connectivity index (χ4v) is 3.10. The second kappa shape index (κ2) is 5.90. The van der Waals surface area contributed by atoms with Crippen LogP contribution >= 0.6 is 0 Å². The molecule has 1 amide bonds. The van der Waals surface area contributed by atoms with E-state index >= 15 is 0 Å². The average molecular weight is 286 g/mol. The van der Waals surface area contributed by atoms with Gasteiger partial charge in [0.15, 0.2) is 0 Å². The molecule has 0 unspecified atom stereocenters. The maximum atomic E-state index is 12.4. The second-order valence-electron chi connectivity index (χ2n) is 5.73. The number of fused-ring (bicyclic) bond motifs is 1. The minimum absolute atomic E-state index is 0.00620. The predicted molar refractivity (Wildman–Crippen MR) is 83.7 cm³/mol. The number of aromatic amines is 1. The highest BCUT2D eigenvalue weighted by Crippen LogP contribution is 2.24. The van der Waals surface area contributed by atoms with E-state index in [0.717, 1.165) is 42.3 Å². The Morgan fingerprint density at radius 2 is 2.33 bits per heavy atom. The van der Waals surface area contributed by atoms with Crippen LogP contribution in [0.4, 0.5) is 0 Å². The molecule has 3 rings (SSSR count). The lowest BCUT2D eigenvalue weighted by Gasteiger charge is -2.23. The maximum absolute atomic E-state index is 12.4. The van der Waals surface area contributed by atoms with Crippen molar-refractivity contribution < 1.29 is 9.53 Å². The Morgan fingerprint density at radius 3 is 3.05 bits per heavy atom. The Morgan fingerprint density at radius 1 is 1.48 bits per heavy atom. The zero-order valence-electron chi connectivity index (χ0n) is 12.7. The van der Waals surface area contributed by atoms with E-state index in [1.807, 2.05) is 18.2 Å². The van der Waals surface area contributed by atoms with Gasteiger partial charge in [-0.15, -0.1) is 0 Å². The molecule has 1 aliphatic rings. The van der Waals surface area contributed by atoms with E-state index in [9.17, 15) is 4.79 Å². The zero-order chi connectivity index (χ0) is 14.8. The first kappa shape index (κ1) is 14.1. The van der Waals surface area contributed by atoms with Gasteiger partial charge in [-0.25, -0.2) is 0 Å². The van der Waals surface area contributed by atoms with E-state index in [1.165, 1.54) is 11.3 Å². The standard InChI is InChI=1S/C17H22N2O2/c1-3-14-11(2)18-16-7-6-12(9-15(14)16)17(20)19-13-5-4-8-21-10-13/h6-7,9,13,18H,3-5,8,10H2,1-2H3,(H,19,20)/t13-/m1/s1. The van der Waals surface area contributed by atoms with Gasteiger partial charge in [0.25, 0.3) is 5.91 Å². The predicted octanol–water partition coefficient (Wildman–Crippen LogP) is 2.95. The molecule has 112 valence electrons. The summed E-state index contributed by atoms with van der Waals surface area (Å²) in [6.45, 7) is 5.65. The SMILES string of the molecule is CCc1c(C)[nH]c2ccc(C(=O)N[C@@H]3CCCOC3)cc12. The third-order valence-corrected chi connectivity index (χ3v) is 4.23. The topological polar surface area (TPSA) is 54.1 Å². The van der Waals surface area contributed by atoms with Crippen molar-refractivity contribution in [3.05, 3.63) is 35.0 Å². The summed E-state index contributed by atoms with van der Waals surface area (Å²) in [5.41, 5.74) is 4.30. The van der Waals surface area contributed by atoms with Gasteiger partial charge >= 0.3 is 0 Å². The molecule has 21 heavy (non-hydrogen) atoms. The van der Waals surface area contributed by atoms with Crippen LogP contribution in [0.2, 0.25) is 0 Å². The van der Waals surface area contributed by atoms with Crippen LogP contribution in [0.1, 0.15) is 41.4 Å². The Balaban J connectivity index is 1.84. The van der Waals surface area contributed by atoms with Crippen LogP contribution < -0.4 is 5.32 Å². The molecule has 2 N–H and O–H groups in total. The molecular weight excluding hydrogens is 264 g/mol. The molecular formula is C17H22N2O2. The van der Waals surface area contributed by atoms with Gasteiger partial charge in [-0.1, -0.05) is 6.92 Å². The number of nitrogens with one attached hydrogen (secondary N) is 2. The monoisotopic (exact) mass is 286 g/mol. The third kappa shape index (κ3) is 2.81. The quantitative estimate of drug-likeness (QED) is 0.911. The van der Waals surface area contributed by atoms with Gasteiger partial charge in [0.2, 0.25) is 0 Å². The highest BCUT2D eigenvalue weighted by molar-refractivity contribution is 5.99. The van der Waals surface area contributed by atoms with Crippen LogP contribution in [0.15, 0.2) is 18.2 Å². The maximum Gasteiger partial charge on any atom is 0.251 e. The van der Waals surface area contributed by atoms with Crippen molar-refractivity contribution in [3.8, 4) is 0 Å². The number of ether oxygens (including phenoxy) is 1. The summed E-state index contributed by atoms with van der Waals surface area (Å²) in [5, 5.41) is 4.23. The molecule has 0 spiro atoms. The van der Waals surface area contributed by atoms with Crippen molar-refractivity contribution >= 4 is 16.8 Å². The molecule has 1 saturated heterocycles. The van der Waals surface area contributed by atoms with Crippen molar-refractivity contribution in [1.82, 2.24) is 10.3 Å². The molecule has 0 radical (unpaired) electrons. The van der Waals surface area contributed by atoms with E-state index in [-0.39, 0.29) is 11.9 Å². The van der Waals surface area contributed by atoms with Crippen LogP contribution in [0.5, 0.6) is 0 Å². The van der Waals surface area contributed by atoms with Crippen LogP contribution in [-0.4, -0.2) is 30.1 Å². The fraction of sp³-hybridized carbons (Fsp3) is 0.471. The fourth-order valence-electron chi connectivity index (χ4n) is 3.10. The Bertz CT molecular complexity index is 654. The molecule has 2 heterocycles. The van der Waals surface area contributed by atoms with Crippen molar-refractivity contribution in [3.63, 3.8) is 0 Å². The van der Waals surface area contributed by atoms with Crippen molar-refractivity contribution in [1.29, 1.82) is 0 Å². The van der Waals surface area contributed by atoms with Crippen LogP contribution in [0.25, 0.3) is 10.9 Å². The summed E-state index contributed by atoms with van der Waals surface area (Å²) in [6, 6.07) is 6.02. The first-order chi connectivity index (χ1) is 10.2. The van der Waals surface area contributed by atoms with E-state index in [1.54, 1.807) is 0 Å². The molecule has 0 bridgehead atoms. The number of aryl methyl sites for hydroxylation is 2. The first-order valence-corrected chi connectivity index (χ1v) is 7.69. The van der Waals surface area contributed by atoms with Crippen molar-refractivity contribution in [2.75, 3.05) is 13.2 Å². The van der Waals surface area contributed by atoms with Crippen LogP contribution in [-0.2, 0) is 11.2 Å². The number of aromatic nitrogens is 1. The number of carbonyl (C=O) groups is 1. The number of hydrogen-bond donors (Lipinski definition) is 2. The summed E-state index contributed by atoms with van der Waals surface area (Å²) >= 11 is 0. The molecule has 4 heteroatoms. The summed E-state index contributed by atoms with van der Waals surface area (Å²) < 4.78 is 5.41. The Labute approximate surface area is 124 Å². The van der Waals surface area contributed by atoms with Gasteiger partial charge < -0.3 is 15.0 Å². The van der Waals surface area contributed by atoms with Gasteiger partial charge in [0.1, 0.15) is 0 Å². The molecule has 1 fully saturated rings. The summed E-state index contributed by atoms with van der Waals surface area (Å²) in [6.07, 6.45) is 2.98. The molecule has 0 aliphatic carbocycles. The number of H-pyrrole nitrogens is 1. The summed E-state index contributed by atoms with van der Waals surface area (Å²) in [7, 11) is 0. The van der Waals surface area contributed by atoms with Gasteiger partial charge in [0, 0.05) is 28.8 Å². The minimum Gasteiger partial charge on any atom is -0.379 e. The Hall–Kier alpha value is -1.81. The van der Waals surface area contributed by atoms with Crippen molar-refractivity contribution in [2.45, 2.75) is 39.2 Å². The molecule has 2 aromatic rings. The Kier molecular flexibility index (Phi) is 3.97. The normalized spacial score (nSPS) is 18.9. The van der Waals surface area contributed by atoms with Crippen molar-refractivity contribution in [2.24, 2.45) is 0 Å². The zero-order valence-corrected chi connectivity index (χ0v) is 12.7. The summed E-state index contributed by atoms with van der Waals surface area (Å²) in [5.74, 6) is -0.00620. The number of amides is 1. The molecule has 4 nitrogen and oxygen atoms in total. The number of benzene rings is 1. The van der Waals surface area contributed by atoms with Gasteiger partial charge in [0.05, 0.1) is 12.6 Å². The third-order valence-electron chi connectivity index (χ3n) is 4.23. The second-order valence-corrected chi connectivity index (χ2v) is 5.73. The molecule has 1 aromatic carbocycles. The minimum atomic E-state index is -0.00620. The highest BCUT2D eigenvalue weighted by atomic mass is 16.5. The van der Waals surface area contributed by atoms with E-state index in [4.69, 9.17) is 4.74 Å². The molecule has 1 aromatic heterocycles. The highest BCUT2D eigenvalue weighted by Gasteiger charge is 2.18. The number of hydrogen-bond acceptors (Lipinski definition) is 2. The number of carbonyl (C=O) groups excluding carboxylic acids is 1. The van der Waals surface area contributed by atoms with Gasteiger partial charge in [-0.3, -0.25) is 4.79 Å². The lowest BCUT2D eigenvalue weighted by atomic mass is 10.0. The first-order valence-electron chi connectivity index (χ1n) is 7.69. The lowest BCUT2D eigenvalue weighted by Crippen LogP contribution is -2.40. The van der Waals surface area contributed by atoms with Gasteiger partial charge in [-0.2, -0.15) is 0 Å². The number of rotatable bonds is 3. The van der Waals surface area contributed by atoms with Crippen LogP contribution in [0.3, 0.4) is 0 Å². The van der Waals surface area contributed by atoms with E-state index < -0.39 is 0 Å². The summed E-state index contributed by atoms with van der Waals surface area (Å²) in [4.78, 5) is 15.8. The molecule has 1 aliphatic heterocycles. The van der Waals surface area contributed by atoms with Crippen LogP contribution in [0, 0.1) is 6.92 Å². The largest absolute Gasteiger partial charge is 0.379 e. The van der Waals surface area contributed by atoms with Gasteiger partial charge in [-0.05, 0) is 49.9 Å². The smallest absolute Gasteiger partial charge is 0.251 e. The molecule has 1 atom stereocenters.